The van der Waals surface area contributed by atoms with Crippen molar-refractivity contribution < 1.29 is 9.53 Å². The van der Waals surface area contributed by atoms with E-state index in [-0.39, 0.29) is 5.91 Å². The fourth-order valence-electron chi connectivity index (χ4n) is 4.93. The van der Waals surface area contributed by atoms with Crippen molar-refractivity contribution >= 4 is 11.9 Å². The summed E-state index contributed by atoms with van der Waals surface area (Å²) in [7, 11) is 1.86. The fraction of sp³-hybridized carbons (Fsp3) is 0.905. The Balaban J connectivity index is 1.40. The van der Waals surface area contributed by atoms with Gasteiger partial charge in [-0.3, -0.25) is 14.7 Å². The van der Waals surface area contributed by atoms with Crippen LogP contribution < -0.4 is 16.0 Å². The molecule has 28 heavy (non-hydrogen) atoms. The summed E-state index contributed by atoms with van der Waals surface area (Å²) in [5, 5.41) is 10.3. The second kappa shape index (κ2) is 9.92. The summed E-state index contributed by atoms with van der Waals surface area (Å²) in [6.45, 7) is 8.16. The van der Waals surface area contributed by atoms with Gasteiger partial charge in [0.05, 0.1) is 12.6 Å². The van der Waals surface area contributed by atoms with Crippen LogP contribution in [0.4, 0.5) is 0 Å². The first-order valence-corrected chi connectivity index (χ1v) is 11.2. The summed E-state index contributed by atoms with van der Waals surface area (Å²) in [5.74, 6) is 1.07. The molecule has 2 saturated carbocycles. The zero-order chi connectivity index (χ0) is 20.0. The lowest BCUT2D eigenvalue weighted by atomic mass is 9.51. The van der Waals surface area contributed by atoms with Crippen molar-refractivity contribution in [2.24, 2.45) is 10.4 Å². The molecule has 3 N–H and O–H groups in total. The van der Waals surface area contributed by atoms with Gasteiger partial charge in [0, 0.05) is 50.8 Å². The van der Waals surface area contributed by atoms with E-state index >= 15 is 0 Å². The molecule has 0 aromatic rings. The second-order valence-corrected chi connectivity index (χ2v) is 8.58. The number of guanidine groups is 1. The van der Waals surface area contributed by atoms with Crippen LogP contribution in [0, 0.1) is 5.41 Å². The number of likely N-dealkylation sites (tertiary alicyclic amines) is 1. The van der Waals surface area contributed by atoms with E-state index in [1.54, 1.807) is 0 Å². The smallest absolute Gasteiger partial charge is 0.234 e. The van der Waals surface area contributed by atoms with Crippen molar-refractivity contribution in [3.05, 3.63) is 0 Å². The SMILES string of the molecule is CCCNC(=O)CN1CCC(NC(=NC)NC2CC(OCC)C23CCC3)CC1. The van der Waals surface area contributed by atoms with Gasteiger partial charge in [0.1, 0.15) is 0 Å². The van der Waals surface area contributed by atoms with Crippen molar-refractivity contribution in [3.8, 4) is 0 Å². The molecule has 3 aliphatic rings. The van der Waals surface area contributed by atoms with Crippen LogP contribution in [-0.2, 0) is 9.53 Å². The Morgan fingerprint density at radius 1 is 1.21 bits per heavy atom. The average molecular weight is 394 g/mol. The number of ether oxygens (including phenoxy) is 1. The highest BCUT2D eigenvalue weighted by Gasteiger charge is 2.59. The second-order valence-electron chi connectivity index (χ2n) is 8.58. The maximum Gasteiger partial charge on any atom is 0.234 e. The Morgan fingerprint density at radius 3 is 2.54 bits per heavy atom. The lowest BCUT2D eigenvalue weighted by molar-refractivity contribution is -0.168. The Kier molecular flexibility index (Phi) is 7.57. The van der Waals surface area contributed by atoms with E-state index in [0.717, 1.165) is 57.9 Å². The topological polar surface area (TPSA) is 78.0 Å². The standard InChI is InChI=1S/C21H39N5O2/c1-4-11-23-19(27)15-26-12-7-16(8-13-26)24-20(22-3)25-17-14-18(28-5-2)21(17)9-6-10-21/h16-18H,4-15H2,1-3H3,(H,23,27)(H2,22,24,25). The molecule has 0 bridgehead atoms. The molecule has 7 nitrogen and oxygen atoms in total. The zero-order valence-electron chi connectivity index (χ0n) is 17.9. The van der Waals surface area contributed by atoms with E-state index < -0.39 is 0 Å². The monoisotopic (exact) mass is 393 g/mol. The van der Waals surface area contributed by atoms with Crippen molar-refractivity contribution in [1.82, 2.24) is 20.9 Å². The number of hydrogen-bond acceptors (Lipinski definition) is 4. The van der Waals surface area contributed by atoms with Gasteiger partial charge in [-0.1, -0.05) is 13.3 Å². The third kappa shape index (κ3) is 4.79. The minimum Gasteiger partial charge on any atom is -0.378 e. The van der Waals surface area contributed by atoms with Crippen LogP contribution in [0.1, 0.15) is 58.8 Å². The molecule has 2 atom stereocenters. The molecule has 160 valence electrons. The third-order valence-electron chi connectivity index (χ3n) is 6.84. The van der Waals surface area contributed by atoms with E-state index in [0.29, 0.717) is 30.1 Å². The normalized spacial score (nSPS) is 27.8. The Hall–Kier alpha value is -1.34. The number of nitrogens with zero attached hydrogens (tertiary/aromatic N) is 2. The van der Waals surface area contributed by atoms with Gasteiger partial charge in [-0.25, -0.2) is 0 Å². The summed E-state index contributed by atoms with van der Waals surface area (Å²) in [4.78, 5) is 18.6. The van der Waals surface area contributed by atoms with Crippen LogP contribution in [0.5, 0.6) is 0 Å². The number of rotatable bonds is 8. The Labute approximate surface area is 170 Å². The molecule has 0 aromatic carbocycles. The molecule has 2 unspecified atom stereocenters. The number of aliphatic imine (C=N–C) groups is 1. The molecule has 1 heterocycles. The summed E-state index contributed by atoms with van der Waals surface area (Å²) in [6.07, 6.45) is 8.42. The van der Waals surface area contributed by atoms with E-state index in [4.69, 9.17) is 4.74 Å². The molecule has 3 fully saturated rings. The number of carbonyl (C=O) groups excluding carboxylic acids is 1. The van der Waals surface area contributed by atoms with Crippen LogP contribution in [0.25, 0.3) is 0 Å². The Morgan fingerprint density at radius 2 is 1.96 bits per heavy atom. The number of nitrogens with one attached hydrogen (secondary N) is 3. The summed E-state index contributed by atoms with van der Waals surface area (Å²) >= 11 is 0. The lowest BCUT2D eigenvalue weighted by Gasteiger charge is -2.61. The largest absolute Gasteiger partial charge is 0.378 e. The molecule has 7 heteroatoms. The van der Waals surface area contributed by atoms with E-state index in [1.165, 1.54) is 19.3 Å². The van der Waals surface area contributed by atoms with E-state index in [2.05, 4.69) is 39.7 Å². The highest BCUT2D eigenvalue weighted by molar-refractivity contribution is 5.80. The van der Waals surface area contributed by atoms with Crippen LogP contribution in [-0.4, -0.2) is 74.8 Å². The quantitative estimate of drug-likeness (QED) is 0.430. The van der Waals surface area contributed by atoms with Gasteiger partial charge in [-0.2, -0.15) is 0 Å². The molecular formula is C21H39N5O2. The number of amides is 1. The molecule has 1 spiro atoms. The third-order valence-corrected chi connectivity index (χ3v) is 6.84. The zero-order valence-corrected chi connectivity index (χ0v) is 17.9. The van der Waals surface area contributed by atoms with Crippen molar-refractivity contribution in [1.29, 1.82) is 0 Å². The van der Waals surface area contributed by atoms with Gasteiger partial charge in [-0.05, 0) is 45.4 Å². The number of carbonyl (C=O) groups is 1. The van der Waals surface area contributed by atoms with Crippen LogP contribution in [0.2, 0.25) is 0 Å². The average Bonchev–Trinajstić information content (AvgIpc) is 2.64. The van der Waals surface area contributed by atoms with Gasteiger partial charge in [0.2, 0.25) is 5.91 Å². The van der Waals surface area contributed by atoms with Gasteiger partial charge < -0.3 is 20.7 Å². The van der Waals surface area contributed by atoms with Gasteiger partial charge in [0.25, 0.3) is 0 Å². The predicted molar refractivity (Wildman–Crippen MR) is 112 cm³/mol. The van der Waals surface area contributed by atoms with Gasteiger partial charge in [0.15, 0.2) is 5.96 Å². The van der Waals surface area contributed by atoms with Crippen molar-refractivity contribution in [2.45, 2.75) is 77.0 Å². The first-order chi connectivity index (χ1) is 13.6. The van der Waals surface area contributed by atoms with Crippen LogP contribution in [0.3, 0.4) is 0 Å². The predicted octanol–water partition coefficient (Wildman–Crippen LogP) is 1.49. The van der Waals surface area contributed by atoms with E-state index in [9.17, 15) is 4.79 Å². The summed E-state index contributed by atoms with van der Waals surface area (Å²) < 4.78 is 5.96. The lowest BCUT2D eigenvalue weighted by Crippen LogP contribution is -2.69. The molecule has 1 saturated heterocycles. The maximum atomic E-state index is 11.9. The number of hydrogen-bond donors (Lipinski definition) is 3. The minimum absolute atomic E-state index is 0.144. The van der Waals surface area contributed by atoms with Crippen LogP contribution >= 0.6 is 0 Å². The van der Waals surface area contributed by atoms with Gasteiger partial charge in [-0.15, -0.1) is 0 Å². The first-order valence-electron chi connectivity index (χ1n) is 11.2. The highest BCUT2D eigenvalue weighted by atomic mass is 16.5. The molecule has 2 aliphatic carbocycles. The molecule has 3 rings (SSSR count). The first kappa shape index (κ1) is 21.4. The Bertz CT molecular complexity index is 541. The summed E-state index contributed by atoms with van der Waals surface area (Å²) in [6, 6.07) is 0.896. The molecule has 0 aromatic heterocycles. The maximum absolute atomic E-state index is 11.9. The molecule has 0 radical (unpaired) electrons. The van der Waals surface area contributed by atoms with Crippen molar-refractivity contribution in [3.63, 3.8) is 0 Å². The fourth-order valence-corrected chi connectivity index (χ4v) is 4.93. The van der Waals surface area contributed by atoms with E-state index in [1.807, 2.05) is 7.05 Å². The highest BCUT2D eigenvalue weighted by Crippen LogP contribution is 2.57. The molecule has 1 aliphatic heterocycles. The van der Waals surface area contributed by atoms with Crippen LogP contribution in [0.15, 0.2) is 4.99 Å². The van der Waals surface area contributed by atoms with Crippen molar-refractivity contribution in [2.75, 3.05) is 39.8 Å². The number of piperidine rings is 1. The summed E-state index contributed by atoms with van der Waals surface area (Å²) in [5.41, 5.74) is 0.336. The molecular weight excluding hydrogens is 354 g/mol. The van der Waals surface area contributed by atoms with Gasteiger partial charge >= 0.3 is 0 Å². The minimum atomic E-state index is 0.144. The molecule has 1 amide bonds.